The lowest BCUT2D eigenvalue weighted by atomic mass is 10.0. The highest BCUT2D eigenvalue weighted by molar-refractivity contribution is 7.89. The lowest BCUT2D eigenvalue weighted by Gasteiger charge is -2.45. The molecule has 0 aliphatic carbocycles. The normalized spacial score (nSPS) is 24.8. The van der Waals surface area contributed by atoms with Crippen LogP contribution in [0.2, 0.25) is 0 Å². The predicted molar refractivity (Wildman–Crippen MR) is 70.3 cm³/mol. The molecule has 0 aromatic carbocycles. The van der Waals surface area contributed by atoms with Gasteiger partial charge in [-0.15, -0.1) is 0 Å². The fourth-order valence-electron chi connectivity index (χ4n) is 2.12. The zero-order chi connectivity index (χ0) is 13.3. The SMILES string of the molecule is CCC(CN)S(=O)(=O)N1CCN(C)C(C)(C)C1. The maximum Gasteiger partial charge on any atom is 0.218 e. The molecule has 1 aliphatic rings. The number of piperazine rings is 1. The van der Waals surface area contributed by atoms with Gasteiger partial charge >= 0.3 is 0 Å². The molecule has 2 N–H and O–H groups in total. The Bertz CT molecular complexity index is 350. The van der Waals surface area contributed by atoms with Crippen LogP contribution in [0.25, 0.3) is 0 Å². The Labute approximate surface area is 105 Å². The third kappa shape index (κ3) is 2.99. The predicted octanol–water partition coefficient (Wildman–Crippen LogP) is 0.0795. The molecule has 0 saturated carbocycles. The van der Waals surface area contributed by atoms with Crippen LogP contribution in [-0.2, 0) is 10.0 Å². The molecule has 1 atom stereocenters. The number of rotatable bonds is 4. The van der Waals surface area contributed by atoms with Crippen molar-refractivity contribution in [3.8, 4) is 0 Å². The molecule has 0 spiro atoms. The molecule has 0 radical (unpaired) electrons. The van der Waals surface area contributed by atoms with Gasteiger partial charge < -0.3 is 5.73 Å². The van der Waals surface area contributed by atoms with Crippen molar-refractivity contribution in [1.29, 1.82) is 0 Å². The number of nitrogens with two attached hydrogens (primary N) is 1. The smallest absolute Gasteiger partial charge is 0.218 e. The zero-order valence-corrected chi connectivity index (χ0v) is 12.1. The largest absolute Gasteiger partial charge is 0.329 e. The molecule has 1 rings (SSSR count). The molecule has 1 unspecified atom stereocenters. The molecule has 102 valence electrons. The van der Waals surface area contributed by atoms with Crippen LogP contribution < -0.4 is 5.73 Å². The highest BCUT2D eigenvalue weighted by Crippen LogP contribution is 2.23. The van der Waals surface area contributed by atoms with Crippen LogP contribution in [0.3, 0.4) is 0 Å². The summed E-state index contributed by atoms with van der Waals surface area (Å²) in [5.74, 6) is 0. The van der Waals surface area contributed by atoms with Gasteiger partial charge in [0.2, 0.25) is 10.0 Å². The van der Waals surface area contributed by atoms with E-state index in [1.54, 1.807) is 4.31 Å². The second-order valence-corrected chi connectivity index (χ2v) is 7.59. The summed E-state index contributed by atoms with van der Waals surface area (Å²) in [4.78, 5) is 2.20. The van der Waals surface area contributed by atoms with Crippen LogP contribution >= 0.6 is 0 Å². The second-order valence-electron chi connectivity index (χ2n) is 5.38. The fourth-order valence-corrected chi connectivity index (χ4v) is 4.04. The second kappa shape index (κ2) is 5.22. The number of likely N-dealkylation sites (N-methyl/N-ethyl adjacent to an activating group) is 1. The topological polar surface area (TPSA) is 66.6 Å². The Hall–Kier alpha value is -0.170. The monoisotopic (exact) mass is 263 g/mol. The van der Waals surface area contributed by atoms with Crippen LogP contribution in [0.5, 0.6) is 0 Å². The molecular formula is C11H25N3O2S. The lowest BCUT2D eigenvalue weighted by Crippen LogP contribution is -2.60. The minimum atomic E-state index is -3.24. The Morgan fingerprint density at radius 3 is 2.35 bits per heavy atom. The van der Waals surface area contributed by atoms with Gasteiger partial charge in [-0.05, 0) is 27.3 Å². The molecule has 1 aliphatic heterocycles. The summed E-state index contributed by atoms with van der Waals surface area (Å²) in [5.41, 5.74) is 5.44. The number of hydrogen-bond acceptors (Lipinski definition) is 4. The maximum atomic E-state index is 12.4. The van der Waals surface area contributed by atoms with Crippen molar-refractivity contribution in [1.82, 2.24) is 9.21 Å². The van der Waals surface area contributed by atoms with Crippen LogP contribution in [0.15, 0.2) is 0 Å². The number of hydrogen-bond donors (Lipinski definition) is 1. The van der Waals surface area contributed by atoms with E-state index in [0.29, 0.717) is 19.5 Å². The van der Waals surface area contributed by atoms with Crippen LogP contribution in [0, 0.1) is 0 Å². The van der Waals surface area contributed by atoms with E-state index < -0.39 is 15.3 Å². The summed E-state index contributed by atoms with van der Waals surface area (Å²) >= 11 is 0. The highest BCUT2D eigenvalue weighted by Gasteiger charge is 2.38. The molecule has 0 bridgehead atoms. The van der Waals surface area contributed by atoms with E-state index in [-0.39, 0.29) is 12.1 Å². The molecule has 6 heteroatoms. The van der Waals surface area contributed by atoms with Gasteiger partial charge in [0.1, 0.15) is 0 Å². The summed E-state index contributed by atoms with van der Waals surface area (Å²) in [6, 6.07) is 0. The van der Waals surface area contributed by atoms with E-state index >= 15 is 0 Å². The Morgan fingerprint density at radius 1 is 1.35 bits per heavy atom. The van der Waals surface area contributed by atoms with E-state index in [1.165, 1.54) is 0 Å². The maximum absolute atomic E-state index is 12.4. The summed E-state index contributed by atoms with van der Waals surface area (Å²) in [6.07, 6.45) is 0.575. The van der Waals surface area contributed by atoms with E-state index in [2.05, 4.69) is 18.7 Å². The third-order valence-electron chi connectivity index (χ3n) is 3.78. The van der Waals surface area contributed by atoms with Crippen LogP contribution in [0.4, 0.5) is 0 Å². The first kappa shape index (κ1) is 14.9. The Morgan fingerprint density at radius 2 is 1.94 bits per heavy atom. The average Bonchev–Trinajstić information content (AvgIpc) is 2.23. The molecule has 1 heterocycles. The third-order valence-corrected chi connectivity index (χ3v) is 6.18. The first-order chi connectivity index (χ1) is 7.75. The van der Waals surface area contributed by atoms with Crippen molar-refractivity contribution >= 4 is 10.0 Å². The van der Waals surface area contributed by atoms with Gasteiger partial charge in [0.25, 0.3) is 0 Å². The van der Waals surface area contributed by atoms with E-state index in [9.17, 15) is 8.42 Å². The van der Waals surface area contributed by atoms with Crippen molar-refractivity contribution in [2.45, 2.75) is 38.0 Å². The molecule has 0 amide bonds. The lowest BCUT2D eigenvalue weighted by molar-refractivity contribution is 0.0796. The van der Waals surface area contributed by atoms with Crippen molar-refractivity contribution in [2.24, 2.45) is 5.73 Å². The summed E-state index contributed by atoms with van der Waals surface area (Å²) in [6.45, 7) is 8.09. The quantitative estimate of drug-likeness (QED) is 0.780. The van der Waals surface area contributed by atoms with Crippen LogP contribution in [-0.4, -0.2) is 61.6 Å². The van der Waals surface area contributed by atoms with Gasteiger partial charge in [-0.3, -0.25) is 4.90 Å². The van der Waals surface area contributed by atoms with Gasteiger partial charge in [0.15, 0.2) is 0 Å². The first-order valence-corrected chi connectivity index (χ1v) is 7.66. The first-order valence-electron chi connectivity index (χ1n) is 6.16. The molecule has 0 aromatic rings. The Kier molecular flexibility index (Phi) is 4.57. The molecule has 17 heavy (non-hydrogen) atoms. The molecule has 1 fully saturated rings. The minimum Gasteiger partial charge on any atom is -0.329 e. The zero-order valence-electron chi connectivity index (χ0n) is 11.3. The van der Waals surface area contributed by atoms with Crippen molar-refractivity contribution in [3.63, 3.8) is 0 Å². The van der Waals surface area contributed by atoms with E-state index in [1.807, 2.05) is 14.0 Å². The van der Waals surface area contributed by atoms with Crippen LogP contribution in [0.1, 0.15) is 27.2 Å². The Balaban J connectivity index is 2.87. The molecule has 0 aromatic heterocycles. The van der Waals surface area contributed by atoms with E-state index in [0.717, 1.165) is 6.54 Å². The summed E-state index contributed by atoms with van der Waals surface area (Å²) in [5, 5.41) is -0.443. The standard InChI is InChI=1S/C11H25N3O2S/c1-5-10(8-12)17(15,16)14-7-6-13(4)11(2,3)9-14/h10H,5-9,12H2,1-4H3. The van der Waals surface area contributed by atoms with E-state index in [4.69, 9.17) is 5.73 Å². The summed E-state index contributed by atoms with van der Waals surface area (Å²) < 4.78 is 26.3. The van der Waals surface area contributed by atoms with Gasteiger partial charge in [-0.1, -0.05) is 6.92 Å². The minimum absolute atomic E-state index is 0.113. The number of nitrogens with zero attached hydrogens (tertiary/aromatic N) is 2. The fraction of sp³-hybridized carbons (Fsp3) is 1.00. The van der Waals surface area contributed by atoms with Gasteiger partial charge in [-0.2, -0.15) is 4.31 Å². The molecule has 5 nitrogen and oxygen atoms in total. The van der Waals surface area contributed by atoms with Crippen molar-refractivity contribution < 1.29 is 8.42 Å². The highest BCUT2D eigenvalue weighted by atomic mass is 32.2. The molecule has 1 saturated heterocycles. The van der Waals surface area contributed by atoms with Gasteiger partial charge in [0.05, 0.1) is 5.25 Å². The van der Waals surface area contributed by atoms with Gasteiger partial charge in [-0.25, -0.2) is 8.42 Å². The van der Waals surface area contributed by atoms with Crippen molar-refractivity contribution in [3.05, 3.63) is 0 Å². The average molecular weight is 263 g/mol. The van der Waals surface area contributed by atoms with Gasteiger partial charge in [0, 0.05) is 31.7 Å². The van der Waals surface area contributed by atoms with Crippen molar-refractivity contribution in [2.75, 3.05) is 33.2 Å². The summed E-state index contributed by atoms with van der Waals surface area (Å²) in [7, 11) is -1.21. The molecular weight excluding hydrogens is 238 g/mol. The number of sulfonamides is 1.